The Labute approximate surface area is 130 Å². The summed E-state index contributed by atoms with van der Waals surface area (Å²) >= 11 is 1.68. The number of hydrogen-bond acceptors (Lipinski definition) is 5. The second-order valence-electron chi connectivity index (χ2n) is 5.95. The molecule has 2 aromatic rings. The van der Waals surface area contributed by atoms with Gasteiger partial charge in [0.25, 0.3) is 0 Å². The van der Waals surface area contributed by atoms with Gasteiger partial charge in [-0.25, -0.2) is 4.98 Å². The van der Waals surface area contributed by atoms with Crippen molar-refractivity contribution in [3.8, 4) is 10.7 Å². The van der Waals surface area contributed by atoms with Gasteiger partial charge in [0, 0.05) is 30.4 Å². The third-order valence-electron chi connectivity index (χ3n) is 3.37. The van der Waals surface area contributed by atoms with Crippen LogP contribution >= 0.6 is 11.3 Å². The molecule has 0 aliphatic heterocycles. The summed E-state index contributed by atoms with van der Waals surface area (Å²) in [4.78, 5) is 9.95. The third-order valence-corrected chi connectivity index (χ3v) is 4.39. The molecule has 0 spiro atoms. The van der Waals surface area contributed by atoms with E-state index in [0.717, 1.165) is 36.6 Å². The van der Waals surface area contributed by atoms with Gasteiger partial charge in [-0.2, -0.15) is 0 Å². The molecule has 2 aromatic heterocycles. The van der Waals surface area contributed by atoms with Crippen molar-refractivity contribution < 1.29 is 5.11 Å². The fourth-order valence-electron chi connectivity index (χ4n) is 1.98. The zero-order valence-corrected chi connectivity index (χ0v) is 13.5. The fourth-order valence-corrected chi connectivity index (χ4v) is 2.84. The minimum absolute atomic E-state index is 0.0261. The Morgan fingerprint density at radius 3 is 2.86 bits per heavy atom. The Hall–Kier alpha value is -1.30. The van der Waals surface area contributed by atoms with E-state index in [1.165, 1.54) is 4.88 Å². The fraction of sp³-hybridized carbons (Fsp3) is 0.500. The van der Waals surface area contributed by atoms with Crippen LogP contribution in [0.15, 0.2) is 30.6 Å². The molecule has 0 amide bonds. The van der Waals surface area contributed by atoms with E-state index in [9.17, 15) is 5.11 Å². The molecule has 0 saturated heterocycles. The molecule has 0 saturated carbocycles. The molecule has 0 atom stereocenters. The van der Waals surface area contributed by atoms with Gasteiger partial charge in [0.2, 0.25) is 0 Å². The van der Waals surface area contributed by atoms with Crippen LogP contribution < -0.4 is 5.32 Å². The summed E-state index contributed by atoms with van der Waals surface area (Å²) < 4.78 is 0. The highest BCUT2D eigenvalue weighted by Gasteiger charge is 2.15. The van der Waals surface area contributed by atoms with Crippen molar-refractivity contribution in [2.75, 3.05) is 13.2 Å². The largest absolute Gasteiger partial charge is 0.396 e. The second kappa shape index (κ2) is 7.64. The van der Waals surface area contributed by atoms with E-state index < -0.39 is 0 Å². The molecule has 2 N–H and O–H groups in total. The number of rotatable bonds is 8. The van der Waals surface area contributed by atoms with Gasteiger partial charge >= 0.3 is 0 Å². The number of thiazole rings is 1. The summed E-state index contributed by atoms with van der Waals surface area (Å²) in [6, 6.07) is 5.87. The molecule has 114 valence electrons. The van der Waals surface area contributed by atoms with E-state index in [1.807, 2.05) is 24.4 Å². The zero-order chi connectivity index (χ0) is 15.1. The number of hydrogen-bond donors (Lipinski definition) is 2. The van der Waals surface area contributed by atoms with Gasteiger partial charge in [0.05, 0.1) is 5.69 Å². The first kappa shape index (κ1) is 16.1. The molecule has 0 aliphatic rings. The van der Waals surface area contributed by atoms with Crippen LogP contribution in [0.1, 0.15) is 31.6 Å². The average Bonchev–Trinajstić information content (AvgIpc) is 2.97. The van der Waals surface area contributed by atoms with Gasteiger partial charge in [0.15, 0.2) is 0 Å². The maximum atomic E-state index is 9.21. The van der Waals surface area contributed by atoms with Crippen molar-refractivity contribution >= 4 is 11.3 Å². The number of aliphatic hydroxyl groups excluding tert-OH is 1. The van der Waals surface area contributed by atoms with Gasteiger partial charge in [0.1, 0.15) is 5.01 Å². The first-order chi connectivity index (χ1) is 10.1. The molecule has 0 aromatic carbocycles. The number of nitrogens with zero attached hydrogens (tertiary/aromatic N) is 2. The molecule has 21 heavy (non-hydrogen) atoms. The van der Waals surface area contributed by atoms with E-state index in [4.69, 9.17) is 0 Å². The third kappa shape index (κ3) is 5.19. The highest BCUT2D eigenvalue weighted by molar-refractivity contribution is 7.14. The predicted octanol–water partition coefficient (Wildman–Crippen LogP) is 3.09. The van der Waals surface area contributed by atoms with Crippen molar-refractivity contribution in [2.24, 2.45) is 5.41 Å². The Kier molecular flexibility index (Phi) is 5.85. The lowest BCUT2D eigenvalue weighted by atomic mass is 9.89. The van der Waals surface area contributed by atoms with Crippen molar-refractivity contribution in [2.45, 2.75) is 33.2 Å². The van der Waals surface area contributed by atoms with Gasteiger partial charge in [-0.05, 0) is 36.9 Å². The Morgan fingerprint density at radius 2 is 2.14 bits per heavy atom. The second-order valence-corrected chi connectivity index (χ2v) is 7.06. The van der Waals surface area contributed by atoms with Crippen LogP contribution in [-0.4, -0.2) is 28.2 Å². The van der Waals surface area contributed by atoms with E-state index in [1.54, 1.807) is 17.5 Å². The van der Waals surface area contributed by atoms with Crippen molar-refractivity contribution in [1.29, 1.82) is 0 Å². The SMILES string of the molecule is CC(C)(CO)CCCNCc1cnc(-c2ccccn2)s1. The van der Waals surface area contributed by atoms with Crippen LogP contribution in [0.25, 0.3) is 10.7 Å². The molecule has 0 aliphatic carbocycles. The minimum atomic E-state index is 0.0261. The van der Waals surface area contributed by atoms with Gasteiger partial charge < -0.3 is 10.4 Å². The first-order valence-electron chi connectivity index (χ1n) is 7.28. The van der Waals surface area contributed by atoms with E-state index in [-0.39, 0.29) is 12.0 Å². The van der Waals surface area contributed by atoms with Crippen LogP contribution in [0.3, 0.4) is 0 Å². The van der Waals surface area contributed by atoms with Crippen LogP contribution in [0.5, 0.6) is 0 Å². The molecule has 0 bridgehead atoms. The maximum Gasteiger partial charge on any atom is 0.142 e. The number of pyridine rings is 1. The Morgan fingerprint density at radius 1 is 1.29 bits per heavy atom. The minimum Gasteiger partial charge on any atom is -0.396 e. The number of aliphatic hydroxyl groups is 1. The van der Waals surface area contributed by atoms with Gasteiger partial charge in [-0.3, -0.25) is 4.98 Å². The smallest absolute Gasteiger partial charge is 0.142 e. The molecule has 4 nitrogen and oxygen atoms in total. The molecular formula is C16H23N3OS. The first-order valence-corrected chi connectivity index (χ1v) is 8.10. The predicted molar refractivity (Wildman–Crippen MR) is 87.2 cm³/mol. The molecule has 2 heterocycles. The molecule has 0 fully saturated rings. The van der Waals surface area contributed by atoms with E-state index >= 15 is 0 Å². The molecule has 0 radical (unpaired) electrons. The highest BCUT2D eigenvalue weighted by atomic mass is 32.1. The van der Waals surface area contributed by atoms with Crippen LogP contribution in [0, 0.1) is 5.41 Å². The quantitative estimate of drug-likeness (QED) is 0.736. The summed E-state index contributed by atoms with van der Waals surface area (Å²) in [5.74, 6) is 0. The van der Waals surface area contributed by atoms with Crippen molar-refractivity contribution in [1.82, 2.24) is 15.3 Å². The normalized spacial score (nSPS) is 11.8. The lowest BCUT2D eigenvalue weighted by Crippen LogP contribution is -2.20. The highest BCUT2D eigenvalue weighted by Crippen LogP contribution is 2.23. The Balaban J connectivity index is 1.74. The Bertz CT molecular complexity index is 539. The summed E-state index contributed by atoms with van der Waals surface area (Å²) in [5.41, 5.74) is 0.955. The lowest BCUT2D eigenvalue weighted by Gasteiger charge is -2.21. The van der Waals surface area contributed by atoms with E-state index in [2.05, 4.69) is 29.1 Å². The summed E-state index contributed by atoms with van der Waals surface area (Å²) in [6.07, 6.45) is 5.80. The number of aromatic nitrogens is 2. The summed E-state index contributed by atoms with van der Waals surface area (Å²) in [7, 11) is 0. The topological polar surface area (TPSA) is 58.0 Å². The summed E-state index contributed by atoms with van der Waals surface area (Å²) in [5, 5.41) is 13.6. The zero-order valence-electron chi connectivity index (χ0n) is 12.7. The number of nitrogens with one attached hydrogen (secondary N) is 1. The van der Waals surface area contributed by atoms with Crippen LogP contribution in [-0.2, 0) is 6.54 Å². The standard InChI is InChI=1S/C16H23N3OS/c1-16(2,12-20)7-5-8-17-10-13-11-19-15(21-13)14-6-3-4-9-18-14/h3-4,6,9,11,17,20H,5,7-8,10,12H2,1-2H3. The van der Waals surface area contributed by atoms with E-state index in [0.29, 0.717) is 0 Å². The van der Waals surface area contributed by atoms with Crippen LogP contribution in [0.4, 0.5) is 0 Å². The molecule has 0 unspecified atom stereocenters. The monoisotopic (exact) mass is 305 g/mol. The van der Waals surface area contributed by atoms with Gasteiger partial charge in [-0.1, -0.05) is 19.9 Å². The summed E-state index contributed by atoms with van der Waals surface area (Å²) in [6.45, 7) is 6.23. The molecule has 2 rings (SSSR count). The van der Waals surface area contributed by atoms with Gasteiger partial charge in [-0.15, -0.1) is 11.3 Å². The maximum absolute atomic E-state index is 9.21. The van der Waals surface area contributed by atoms with Crippen LogP contribution in [0.2, 0.25) is 0 Å². The average molecular weight is 305 g/mol. The van der Waals surface area contributed by atoms with Crippen molar-refractivity contribution in [3.05, 3.63) is 35.5 Å². The molecular weight excluding hydrogens is 282 g/mol. The van der Waals surface area contributed by atoms with Crippen molar-refractivity contribution in [3.63, 3.8) is 0 Å². The molecule has 5 heteroatoms. The lowest BCUT2D eigenvalue weighted by molar-refractivity contribution is 0.148.